The summed E-state index contributed by atoms with van der Waals surface area (Å²) in [5, 5.41) is 16.9. The summed E-state index contributed by atoms with van der Waals surface area (Å²) in [5.74, 6) is -0.530. The minimum atomic E-state index is -0.632. The van der Waals surface area contributed by atoms with Gasteiger partial charge in [-0.05, 0) is 42.9 Å². The Bertz CT molecular complexity index is 1130. The molecule has 1 unspecified atom stereocenters. The zero-order valence-electron chi connectivity index (χ0n) is 16.4. The van der Waals surface area contributed by atoms with E-state index in [4.69, 9.17) is 4.74 Å². The van der Waals surface area contributed by atoms with Crippen molar-refractivity contribution in [1.82, 2.24) is 9.78 Å². The zero-order valence-corrected chi connectivity index (χ0v) is 17.2. The molecule has 0 saturated carbocycles. The molecular weight excluding hydrogens is 400 g/mol. The number of carbonyl (C=O) groups excluding carboxylic acids is 2. The molecule has 0 fully saturated rings. The van der Waals surface area contributed by atoms with Gasteiger partial charge in [0.25, 0.3) is 5.91 Å². The van der Waals surface area contributed by atoms with Crippen molar-refractivity contribution >= 4 is 28.2 Å². The number of amides is 1. The lowest BCUT2D eigenvalue weighted by atomic mass is 9.89. The summed E-state index contributed by atoms with van der Waals surface area (Å²) in [6.45, 7) is 1.76. The second-order valence-corrected chi connectivity index (χ2v) is 8.41. The van der Waals surface area contributed by atoms with Crippen molar-refractivity contribution in [1.29, 1.82) is 5.26 Å². The van der Waals surface area contributed by atoms with Crippen LogP contribution in [0.15, 0.2) is 42.7 Å². The SMILES string of the molecule is CC1CCc2c(sc(NC(=O)COC(=O)c3cnn(-c4ccccc4)c3)c2C#N)C1. The summed E-state index contributed by atoms with van der Waals surface area (Å²) < 4.78 is 6.68. The predicted molar refractivity (Wildman–Crippen MR) is 113 cm³/mol. The van der Waals surface area contributed by atoms with E-state index in [1.165, 1.54) is 17.5 Å². The Hall–Kier alpha value is -3.44. The number of rotatable bonds is 5. The normalized spacial score (nSPS) is 15.1. The molecule has 1 aliphatic rings. The fraction of sp³-hybridized carbons (Fsp3) is 0.273. The third kappa shape index (κ3) is 4.11. The first kappa shape index (κ1) is 19.9. The van der Waals surface area contributed by atoms with Crippen molar-refractivity contribution in [3.63, 3.8) is 0 Å². The van der Waals surface area contributed by atoms with Crippen molar-refractivity contribution in [2.24, 2.45) is 5.92 Å². The maximum absolute atomic E-state index is 12.3. The molecule has 0 radical (unpaired) electrons. The molecule has 1 N–H and O–H groups in total. The van der Waals surface area contributed by atoms with Crippen LogP contribution in [-0.4, -0.2) is 28.3 Å². The van der Waals surface area contributed by atoms with Crippen LogP contribution in [0.4, 0.5) is 5.00 Å². The van der Waals surface area contributed by atoms with Crippen LogP contribution in [0, 0.1) is 17.2 Å². The predicted octanol–water partition coefficient (Wildman–Crippen LogP) is 3.73. The van der Waals surface area contributed by atoms with Crippen molar-refractivity contribution in [2.45, 2.75) is 26.2 Å². The number of esters is 1. The first-order valence-corrected chi connectivity index (χ1v) is 10.5. The van der Waals surface area contributed by atoms with Crippen LogP contribution in [0.25, 0.3) is 5.69 Å². The van der Waals surface area contributed by atoms with Gasteiger partial charge in [-0.2, -0.15) is 10.4 Å². The maximum atomic E-state index is 12.3. The van der Waals surface area contributed by atoms with Gasteiger partial charge in [-0.25, -0.2) is 9.48 Å². The molecule has 152 valence electrons. The molecule has 2 aromatic heterocycles. The van der Waals surface area contributed by atoms with Gasteiger partial charge >= 0.3 is 5.97 Å². The topological polar surface area (TPSA) is 97.0 Å². The van der Waals surface area contributed by atoms with Crippen LogP contribution in [0.2, 0.25) is 0 Å². The van der Waals surface area contributed by atoms with Gasteiger partial charge in [-0.3, -0.25) is 4.79 Å². The van der Waals surface area contributed by atoms with Crippen molar-refractivity contribution in [3.8, 4) is 11.8 Å². The van der Waals surface area contributed by atoms with E-state index in [1.54, 1.807) is 10.9 Å². The smallest absolute Gasteiger partial charge is 0.341 e. The molecule has 8 heteroatoms. The van der Waals surface area contributed by atoms with E-state index in [9.17, 15) is 14.9 Å². The van der Waals surface area contributed by atoms with Gasteiger partial charge in [0.1, 0.15) is 11.1 Å². The van der Waals surface area contributed by atoms with Crippen LogP contribution in [-0.2, 0) is 22.4 Å². The van der Waals surface area contributed by atoms with Crippen molar-refractivity contribution < 1.29 is 14.3 Å². The quantitative estimate of drug-likeness (QED) is 0.635. The van der Waals surface area contributed by atoms with E-state index in [-0.39, 0.29) is 5.56 Å². The third-order valence-corrected chi connectivity index (χ3v) is 6.22. The molecule has 30 heavy (non-hydrogen) atoms. The van der Waals surface area contributed by atoms with E-state index in [0.29, 0.717) is 16.5 Å². The van der Waals surface area contributed by atoms with E-state index >= 15 is 0 Å². The van der Waals surface area contributed by atoms with E-state index in [2.05, 4.69) is 23.4 Å². The number of thiophene rings is 1. The zero-order chi connectivity index (χ0) is 21.1. The van der Waals surface area contributed by atoms with E-state index in [1.807, 2.05) is 30.3 Å². The molecule has 0 bridgehead atoms. The number of nitrogens with zero attached hydrogens (tertiary/aromatic N) is 3. The number of hydrogen-bond acceptors (Lipinski definition) is 6. The number of anilines is 1. The summed E-state index contributed by atoms with van der Waals surface area (Å²) in [5.41, 5.74) is 2.64. The lowest BCUT2D eigenvalue weighted by Crippen LogP contribution is -2.20. The molecule has 0 spiro atoms. The van der Waals surface area contributed by atoms with Crippen LogP contribution in [0.1, 0.15) is 39.7 Å². The second kappa shape index (κ2) is 8.51. The first-order chi connectivity index (χ1) is 14.5. The molecular formula is C22H20N4O3S. The average molecular weight is 420 g/mol. The van der Waals surface area contributed by atoms with Crippen LogP contribution >= 0.6 is 11.3 Å². The number of aromatic nitrogens is 2. The maximum Gasteiger partial charge on any atom is 0.341 e. The Balaban J connectivity index is 1.37. The number of carbonyl (C=O) groups is 2. The Morgan fingerprint density at radius 3 is 2.93 bits per heavy atom. The first-order valence-electron chi connectivity index (χ1n) is 9.67. The largest absolute Gasteiger partial charge is 0.452 e. The van der Waals surface area contributed by atoms with Crippen LogP contribution in [0.3, 0.4) is 0 Å². The van der Waals surface area contributed by atoms with E-state index in [0.717, 1.165) is 35.4 Å². The summed E-state index contributed by atoms with van der Waals surface area (Å²) in [4.78, 5) is 25.7. The molecule has 7 nitrogen and oxygen atoms in total. The fourth-order valence-corrected chi connectivity index (χ4v) is 4.86. The summed E-state index contributed by atoms with van der Waals surface area (Å²) in [6, 6.07) is 11.6. The third-order valence-electron chi connectivity index (χ3n) is 5.05. The summed E-state index contributed by atoms with van der Waals surface area (Å²) >= 11 is 1.44. The van der Waals surface area contributed by atoms with Gasteiger partial charge in [0, 0.05) is 11.1 Å². The molecule has 1 aliphatic carbocycles. The number of nitriles is 1. The fourth-order valence-electron chi connectivity index (χ4n) is 3.48. The van der Waals surface area contributed by atoms with Crippen LogP contribution in [0.5, 0.6) is 0 Å². The Morgan fingerprint density at radius 1 is 1.37 bits per heavy atom. The molecule has 3 aromatic rings. The van der Waals surface area contributed by atoms with Gasteiger partial charge in [0.15, 0.2) is 6.61 Å². The molecule has 0 saturated heterocycles. The molecule has 1 aromatic carbocycles. The number of fused-ring (bicyclic) bond motifs is 1. The van der Waals surface area contributed by atoms with Gasteiger partial charge < -0.3 is 10.1 Å². The number of benzene rings is 1. The number of ether oxygens (including phenoxy) is 1. The van der Waals surface area contributed by atoms with E-state index < -0.39 is 18.5 Å². The molecule has 0 aliphatic heterocycles. The highest BCUT2D eigenvalue weighted by Gasteiger charge is 2.25. The van der Waals surface area contributed by atoms with Crippen LogP contribution < -0.4 is 5.32 Å². The summed E-state index contributed by atoms with van der Waals surface area (Å²) in [6.07, 6.45) is 5.77. The number of hydrogen-bond donors (Lipinski definition) is 1. The average Bonchev–Trinajstić information content (AvgIpc) is 3.37. The second-order valence-electron chi connectivity index (χ2n) is 7.30. The molecule has 1 atom stereocenters. The summed E-state index contributed by atoms with van der Waals surface area (Å²) in [7, 11) is 0. The minimum Gasteiger partial charge on any atom is -0.452 e. The highest BCUT2D eigenvalue weighted by molar-refractivity contribution is 7.16. The van der Waals surface area contributed by atoms with Gasteiger partial charge in [0.2, 0.25) is 0 Å². The Morgan fingerprint density at radius 2 is 2.17 bits per heavy atom. The van der Waals surface area contributed by atoms with Crippen molar-refractivity contribution in [2.75, 3.05) is 11.9 Å². The van der Waals surface area contributed by atoms with Gasteiger partial charge in [0.05, 0.1) is 23.0 Å². The molecule has 1 amide bonds. The molecule has 2 heterocycles. The Labute approximate surface area is 177 Å². The highest BCUT2D eigenvalue weighted by atomic mass is 32.1. The number of nitrogens with one attached hydrogen (secondary N) is 1. The molecule has 4 rings (SSSR count). The lowest BCUT2D eigenvalue weighted by Gasteiger charge is -2.17. The monoisotopic (exact) mass is 420 g/mol. The van der Waals surface area contributed by atoms with Gasteiger partial charge in [-0.1, -0.05) is 25.1 Å². The van der Waals surface area contributed by atoms with Gasteiger partial charge in [-0.15, -0.1) is 11.3 Å². The minimum absolute atomic E-state index is 0.255. The standard InChI is InChI=1S/C22H20N4O3S/c1-14-7-8-17-18(10-23)21(30-19(17)9-14)25-20(27)13-29-22(28)15-11-24-26(12-15)16-5-3-2-4-6-16/h2-6,11-12,14H,7-9,13H2,1H3,(H,25,27). The Kier molecular flexibility index (Phi) is 5.63. The highest BCUT2D eigenvalue weighted by Crippen LogP contribution is 2.39. The van der Waals surface area contributed by atoms with Crippen molar-refractivity contribution in [3.05, 3.63) is 64.3 Å². The number of para-hydroxylation sites is 1. The lowest BCUT2D eigenvalue weighted by molar-refractivity contribution is -0.119.